The zero-order chi connectivity index (χ0) is 14.6. The number of carbonyl (C=O) groups is 2. The number of hydrogen-bond acceptors (Lipinski definition) is 3. The van der Waals surface area contributed by atoms with Gasteiger partial charge in [0.05, 0.1) is 11.0 Å². The number of amides is 1. The lowest BCUT2D eigenvalue weighted by Crippen LogP contribution is -2.44. The Bertz CT molecular complexity index is 513. The number of carboxylic acid groups (broad SMARTS) is 1. The van der Waals surface area contributed by atoms with Crippen LogP contribution in [0.1, 0.15) is 42.5 Å². The highest BCUT2D eigenvalue weighted by Gasteiger charge is 2.39. The molecule has 5 nitrogen and oxygen atoms in total. The number of halogens is 1. The van der Waals surface area contributed by atoms with Gasteiger partial charge in [0, 0.05) is 23.4 Å². The van der Waals surface area contributed by atoms with Gasteiger partial charge in [0.2, 0.25) is 0 Å². The van der Waals surface area contributed by atoms with Crippen LogP contribution in [0.15, 0.2) is 22.9 Å². The third kappa shape index (κ3) is 3.36. The van der Waals surface area contributed by atoms with Crippen LogP contribution in [0.4, 0.5) is 0 Å². The van der Waals surface area contributed by atoms with E-state index >= 15 is 0 Å². The molecule has 1 fully saturated rings. The minimum absolute atomic E-state index is 0.174. The molecule has 1 heterocycles. The van der Waals surface area contributed by atoms with Crippen LogP contribution in [-0.4, -0.2) is 28.5 Å². The minimum Gasteiger partial charge on any atom is -0.481 e. The standard InChI is InChI=1S/C14H17BrN2O3/c15-11-6-10(7-16-8-11)12(18)17-9-14(13(19)20)4-2-1-3-5-14/h6-8H,1-5,9H2,(H,17,18)(H,19,20). The summed E-state index contributed by atoms with van der Waals surface area (Å²) in [5, 5.41) is 12.2. The number of aromatic nitrogens is 1. The fourth-order valence-electron chi connectivity index (χ4n) is 2.58. The van der Waals surface area contributed by atoms with E-state index in [0.717, 1.165) is 23.7 Å². The molecule has 108 valence electrons. The molecule has 0 bridgehead atoms. The van der Waals surface area contributed by atoms with E-state index in [1.54, 1.807) is 12.3 Å². The maximum Gasteiger partial charge on any atom is 0.311 e. The number of nitrogens with one attached hydrogen (secondary N) is 1. The van der Waals surface area contributed by atoms with Crippen molar-refractivity contribution in [3.8, 4) is 0 Å². The van der Waals surface area contributed by atoms with Gasteiger partial charge in [-0.2, -0.15) is 0 Å². The van der Waals surface area contributed by atoms with E-state index in [4.69, 9.17) is 0 Å². The summed E-state index contributed by atoms with van der Waals surface area (Å²) < 4.78 is 0.718. The highest BCUT2D eigenvalue weighted by atomic mass is 79.9. The van der Waals surface area contributed by atoms with Gasteiger partial charge >= 0.3 is 5.97 Å². The van der Waals surface area contributed by atoms with Crippen molar-refractivity contribution in [1.29, 1.82) is 0 Å². The molecule has 6 heteroatoms. The van der Waals surface area contributed by atoms with E-state index in [-0.39, 0.29) is 12.5 Å². The Kier molecular flexibility index (Phi) is 4.75. The molecule has 1 amide bonds. The van der Waals surface area contributed by atoms with Gasteiger partial charge in [-0.15, -0.1) is 0 Å². The molecule has 0 saturated heterocycles. The van der Waals surface area contributed by atoms with Gasteiger partial charge < -0.3 is 10.4 Å². The molecule has 0 spiro atoms. The first-order chi connectivity index (χ1) is 9.53. The maximum absolute atomic E-state index is 12.0. The Morgan fingerprint density at radius 1 is 1.30 bits per heavy atom. The maximum atomic E-state index is 12.0. The summed E-state index contributed by atoms with van der Waals surface area (Å²) in [5.41, 5.74) is -0.386. The van der Waals surface area contributed by atoms with Crippen LogP contribution in [0, 0.1) is 5.41 Å². The SMILES string of the molecule is O=C(NCC1(C(=O)O)CCCCC1)c1cncc(Br)c1. The molecule has 1 aromatic rings. The molecular weight excluding hydrogens is 324 g/mol. The molecule has 0 aromatic carbocycles. The lowest BCUT2D eigenvalue weighted by molar-refractivity contribution is -0.150. The summed E-state index contributed by atoms with van der Waals surface area (Å²) in [6.45, 7) is 0.174. The average molecular weight is 341 g/mol. The minimum atomic E-state index is -0.815. The summed E-state index contributed by atoms with van der Waals surface area (Å²) in [7, 11) is 0. The van der Waals surface area contributed by atoms with Gasteiger partial charge in [0.1, 0.15) is 0 Å². The molecule has 2 N–H and O–H groups in total. The second-order valence-corrected chi connectivity index (χ2v) is 6.14. The molecule has 1 saturated carbocycles. The Morgan fingerprint density at radius 3 is 2.60 bits per heavy atom. The van der Waals surface area contributed by atoms with E-state index in [0.29, 0.717) is 18.4 Å². The van der Waals surface area contributed by atoms with Crippen molar-refractivity contribution < 1.29 is 14.7 Å². The van der Waals surface area contributed by atoms with Crippen molar-refractivity contribution in [3.63, 3.8) is 0 Å². The fourth-order valence-corrected chi connectivity index (χ4v) is 2.95. The van der Waals surface area contributed by atoms with E-state index in [1.807, 2.05) is 0 Å². The molecule has 1 aromatic heterocycles. The number of aliphatic carboxylic acids is 1. The predicted molar refractivity (Wildman–Crippen MR) is 77.4 cm³/mol. The smallest absolute Gasteiger partial charge is 0.311 e. The Morgan fingerprint density at radius 2 is 2.00 bits per heavy atom. The first-order valence-corrected chi connectivity index (χ1v) is 7.45. The lowest BCUT2D eigenvalue weighted by atomic mass is 9.74. The molecule has 0 atom stereocenters. The third-order valence-electron chi connectivity index (χ3n) is 3.82. The second-order valence-electron chi connectivity index (χ2n) is 5.22. The van der Waals surface area contributed by atoms with Crippen LogP contribution in [0.25, 0.3) is 0 Å². The molecule has 2 rings (SSSR count). The number of pyridine rings is 1. The number of hydrogen-bond donors (Lipinski definition) is 2. The normalized spacial score (nSPS) is 17.4. The molecule has 1 aliphatic carbocycles. The van der Waals surface area contributed by atoms with Crippen LogP contribution >= 0.6 is 15.9 Å². The lowest BCUT2D eigenvalue weighted by Gasteiger charge is -2.33. The van der Waals surface area contributed by atoms with Crippen molar-refractivity contribution in [2.75, 3.05) is 6.54 Å². The topological polar surface area (TPSA) is 79.3 Å². The van der Waals surface area contributed by atoms with E-state index in [2.05, 4.69) is 26.2 Å². The zero-order valence-corrected chi connectivity index (χ0v) is 12.6. The zero-order valence-electron chi connectivity index (χ0n) is 11.1. The van der Waals surface area contributed by atoms with Gasteiger partial charge in [-0.3, -0.25) is 14.6 Å². The van der Waals surface area contributed by atoms with Crippen LogP contribution in [-0.2, 0) is 4.79 Å². The molecule has 0 unspecified atom stereocenters. The highest BCUT2D eigenvalue weighted by molar-refractivity contribution is 9.10. The van der Waals surface area contributed by atoms with Crippen molar-refractivity contribution in [2.45, 2.75) is 32.1 Å². The number of rotatable bonds is 4. The Labute approximate surface area is 125 Å². The van der Waals surface area contributed by atoms with Crippen molar-refractivity contribution in [3.05, 3.63) is 28.5 Å². The number of carbonyl (C=O) groups excluding carboxylic acids is 1. The summed E-state index contributed by atoms with van der Waals surface area (Å²) in [6.07, 6.45) is 7.18. The van der Waals surface area contributed by atoms with Crippen LogP contribution in [0.5, 0.6) is 0 Å². The Balaban J connectivity index is 2.02. The second kappa shape index (κ2) is 6.35. The fraction of sp³-hybridized carbons (Fsp3) is 0.500. The number of carboxylic acids is 1. The average Bonchev–Trinajstić information content (AvgIpc) is 2.45. The molecule has 0 radical (unpaired) electrons. The summed E-state index contributed by atoms with van der Waals surface area (Å²) >= 11 is 3.26. The molecule has 20 heavy (non-hydrogen) atoms. The first-order valence-electron chi connectivity index (χ1n) is 6.66. The molecule has 0 aliphatic heterocycles. The van der Waals surface area contributed by atoms with Gasteiger partial charge in [0.15, 0.2) is 0 Å². The van der Waals surface area contributed by atoms with Gasteiger partial charge in [-0.1, -0.05) is 19.3 Å². The third-order valence-corrected chi connectivity index (χ3v) is 4.25. The van der Waals surface area contributed by atoms with Crippen molar-refractivity contribution in [2.24, 2.45) is 5.41 Å². The highest BCUT2D eigenvalue weighted by Crippen LogP contribution is 2.36. The quantitative estimate of drug-likeness (QED) is 0.882. The largest absolute Gasteiger partial charge is 0.481 e. The van der Waals surface area contributed by atoms with Gasteiger partial charge in [-0.05, 0) is 34.8 Å². The molecular formula is C14H17BrN2O3. The van der Waals surface area contributed by atoms with E-state index in [9.17, 15) is 14.7 Å². The number of nitrogens with zero attached hydrogens (tertiary/aromatic N) is 1. The van der Waals surface area contributed by atoms with Crippen LogP contribution in [0.2, 0.25) is 0 Å². The van der Waals surface area contributed by atoms with Crippen LogP contribution in [0.3, 0.4) is 0 Å². The molecule has 1 aliphatic rings. The van der Waals surface area contributed by atoms with Crippen molar-refractivity contribution in [1.82, 2.24) is 10.3 Å². The summed E-state index contributed by atoms with van der Waals surface area (Å²) in [4.78, 5) is 27.5. The van der Waals surface area contributed by atoms with E-state index < -0.39 is 11.4 Å². The van der Waals surface area contributed by atoms with Gasteiger partial charge in [0.25, 0.3) is 5.91 Å². The summed E-state index contributed by atoms with van der Waals surface area (Å²) in [5.74, 6) is -1.10. The monoisotopic (exact) mass is 340 g/mol. The van der Waals surface area contributed by atoms with Gasteiger partial charge in [-0.25, -0.2) is 0 Å². The Hall–Kier alpha value is -1.43. The first kappa shape index (κ1) is 15.0. The van der Waals surface area contributed by atoms with E-state index in [1.165, 1.54) is 6.20 Å². The summed E-state index contributed by atoms with van der Waals surface area (Å²) in [6, 6.07) is 1.66. The predicted octanol–water partition coefficient (Wildman–Crippen LogP) is 2.61. The van der Waals surface area contributed by atoms with Crippen molar-refractivity contribution >= 4 is 27.8 Å². The van der Waals surface area contributed by atoms with Crippen LogP contribution < -0.4 is 5.32 Å².